The van der Waals surface area contributed by atoms with E-state index in [1.165, 1.54) is 29.0 Å². The topological polar surface area (TPSA) is 58.8 Å². The van der Waals surface area contributed by atoms with Crippen molar-refractivity contribution < 1.29 is 22.7 Å². The molecule has 1 heterocycles. The molecule has 0 radical (unpaired) electrons. The van der Waals surface area contributed by atoms with Crippen molar-refractivity contribution in [2.75, 3.05) is 45.6 Å². The molecule has 24 heavy (non-hydrogen) atoms. The number of ether oxygens (including phenoxy) is 1. The molecule has 1 fully saturated rings. The minimum absolute atomic E-state index is 0.163. The van der Waals surface area contributed by atoms with E-state index in [1.807, 2.05) is 0 Å². The molecule has 0 aliphatic carbocycles. The van der Waals surface area contributed by atoms with Crippen LogP contribution in [0.25, 0.3) is 0 Å². The second-order valence-corrected chi connectivity index (χ2v) is 6.02. The number of carbonyl (C=O) groups excluding carboxylic acids is 1. The summed E-state index contributed by atoms with van der Waals surface area (Å²) in [7, 11) is 1.41. The van der Waals surface area contributed by atoms with Crippen molar-refractivity contribution >= 4 is 23.2 Å². The predicted molar refractivity (Wildman–Crippen MR) is 85.4 cm³/mol. The van der Waals surface area contributed by atoms with Gasteiger partial charge in [0.1, 0.15) is 5.75 Å². The van der Waals surface area contributed by atoms with Gasteiger partial charge in [0.25, 0.3) is 5.91 Å². The zero-order chi connectivity index (χ0) is 17.9. The van der Waals surface area contributed by atoms with Crippen LogP contribution in [0.3, 0.4) is 0 Å². The van der Waals surface area contributed by atoms with Gasteiger partial charge in [0.05, 0.1) is 29.9 Å². The quantitative estimate of drug-likeness (QED) is 0.837. The lowest BCUT2D eigenvalue weighted by atomic mass is 10.1. The van der Waals surface area contributed by atoms with E-state index in [-0.39, 0.29) is 35.3 Å². The van der Waals surface area contributed by atoms with Crippen LogP contribution in [-0.2, 0) is 0 Å². The Hall–Kier alpha value is -1.67. The van der Waals surface area contributed by atoms with Gasteiger partial charge >= 0.3 is 6.18 Å². The van der Waals surface area contributed by atoms with Gasteiger partial charge in [-0.25, -0.2) is 0 Å². The third-order valence-electron chi connectivity index (χ3n) is 3.83. The Morgan fingerprint density at radius 1 is 1.29 bits per heavy atom. The van der Waals surface area contributed by atoms with Gasteiger partial charge in [-0.2, -0.15) is 13.2 Å². The summed E-state index contributed by atoms with van der Waals surface area (Å²) in [5, 5.41) is 0.229. The number of hydrogen-bond acceptors (Lipinski definition) is 4. The average molecular weight is 366 g/mol. The van der Waals surface area contributed by atoms with Crippen LogP contribution in [0, 0.1) is 0 Å². The highest BCUT2D eigenvalue weighted by Gasteiger charge is 2.32. The van der Waals surface area contributed by atoms with Gasteiger partial charge in [-0.05, 0) is 12.5 Å². The number of nitrogen functional groups attached to an aromatic ring is 1. The van der Waals surface area contributed by atoms with Gasteiger partial charge < -0.3 is 15.4 Å². The van der Waals surface area contributed by atoms with Crippen LogP contribution in [-0.4, -0.2) is 61.7 Å². The molecule has 1 aliphatic heterocycles. The summed E-state index contributed by atoms with van der Waals surface area (Å²) >= 11 is 5.97. The van der Waals surface area contributed by atoms with Gasteiger partial charge in [0.15, 0.2) is 0 Å². The molecular weight excluding hydrogens is 347 g/mol. The first kappa shape index (κ1) is 18.7. The number of nitrogens with zero attached hydrogens (tertiary/aromatic N) is 2. The normalized spacial score (nSPS) is 16.8. The lowest BCUT2D eigenvalue weighted by Crippen LogP contribution is -2.38. The Morgan fingerprint density at radius 2 is 2.00 bits per heavy atom. The summed E-state index contributed by atoms with van der Waals surface area (Å²) in [6.45, 7) is 0.0731. The van der Waals surface area contributed by atoms with Crippen molar-refractivity contribution in [3.05, 3.63) is 22.7 Å². The molecule has 0 aromatic heterocycles. The minimum Gasteiger partial charge on any atom is -0.496 e. The molecule has 2 N–H and O–H groups in total. The lowest BCUT2D eigenvalue weighted by molar-refractivity contribution is -0.145. The molecule has 134 valence electrons. The van der Waals surface area contributed by atoms with Crippen LogP contribution in [0.5, 0.6) is 5.75 Å². The van der Waals surface area contributed by atoms with Gasteiger partial charge in [-0.1, -0.05) is 11.6 Å². The maximum atomic E-state index is 12.7. The number of nitrogens with two attached hydrogens (primary N) is 1. The molecule has 9 heteroatoms. The molecule has 0 bridgehead atoms. The fraction of sp³-hybridized carbons (Fsp3) is 0.533. The van der Waals surface area contributed by atoms with E-state index in [0.717, 1.165) is 0 Å². The van der Waals surface area contributed by atoms with E-state index >= 15 is 0 Å². The fourth-order valence-electron chi connectivity index (χ4n) is 2.66. The second-order valence-electron chi connectivity index (χ2n) is 5.61. The zero-order valence-electron chi connectivity index (χ0n) is 13.2. The summed E-state index contributed by atoms with van der Waals surface area (Å²) in [6.07, 6.45) is -3.78. The van der Waals surface area contributed by atoms with E-state index in [2.05, 4.69) is 0 Å². The lowest BCUT2D eigenvalue weighted by Gasteiger charge is -2.23. The summed E-state index contributed by atoms with van der Waals surface area (Å²) in [5.41, 5.74) is 6.24. The maximum absolute atomic E-state index is 12.7. The molecule has 1 aromatic carbocycles. The SMILES string of the molecule is COc1cc(N)c(Cl)cc1C(=O)N1CCCN(CC(F)(F)F)CC1. The van der Waals surface area contributed by atoms with Crippen LogP contribution < -0.4 is 10.5 Å². The summed E-state index contributed by atoms with van der Waals surface area (Å²) < 4.78 is 42.7. The van der Waals surface area contributed by atoms with Crippen LogP contribution in [0.1, 0.15) is 16.8 Å². The molecule has 2 rings (SSSR count). The minimum atomic E-state index is -4.24. The van der Waals surface area contributed by atoms with Crippen molar-refractivity contribution in [1.82, 2.24) is 9.80 Å². The first-order chi connectivity index (χ1) is 11.2. The van der Waals surface area contributed by atoms with Crippen molar-refractivity contribution in [2.24, 2.45) is 0 Å². The highest BCUT2D eigenvalue weighted by atomic mass is 35.5. The Kier molecular flexibility index (Phi) is 5.82. The van der Waals surface area contributed by atoms with Gasteiger partial charge in [-0.3, -0.25) is 9.69 Å². The number of amides is 1. The number of anilines is 1. The van der Waals surface area contributed by atoms with Crippen LogP contribution in [0.2, 0.25) is 5.02 Å². The predicted octanol–water partition coefficient (Wildman–Crippen LogP) is 2.64. The van der Waals surface area contributed by atoms with E-state index in [4.69, 9.17) is 22.1 Å². The van der Waals surface area contributed by atoms with E-state index < -0.39 is 12.7 Å². The molecule has 0 saturated carbocycles. The standard InChI is InChI=1S/C15H19ClF3N3O2/c1-24-13-8-12(20)11(16)7-10(13)14(23)22-4-2-3-21(5-6-22)9-15(17,18)19/h7-8H,2-6,9,20H2,1H3. The van der Waals surface area contributed by atoms with Crippen molar-refractivity contribution in [1.29, 1.82) is 0 Å². The average Bonchev–Trinajstić information content (AvgIpc) is 2.72. The van der Waals surface area contributed by atoms with Crippen molar-refractivity contribution in [3.63, 3.8) is 0 Å². The molecule has 1 aromatic rings. The smallest absolute Gasteiger partial charge is 0.401 e. The van der Waals surface area contributed by atoms with E-state index in [9.17, 15) is 18.0 Å². The number of carbonyl (C=O) groups is 1. The van der Waals surface area contributed by atoms with Crippen molar-refractivity contribution in [3.8, 4) is 5.75 Å². The monoisotopic (exact) mass is 365 g/mol. The number of methoxy groups -OCH3 is 1. The van der Waals surface area contributed by atoms with Crippen LogP contribution in [0.4, 0.5) is 18.9 Å². The highest BCUT2D eigenvalue weighted by Crippen LogP contribution is 2.30. The van der Waals surface area contributed by atoms with E-state index in [0.29, 0.717) is 25.3 Å². The number of hydrogen-bond donors (Lipinski definition) is 1. The number of halogens is 4. The third kappa shape index (κ3) is 4.67. The first-order valence-corrected chi connectivity index (χ1v) is 7.80. The summed E-state index contributed by atoms with van der Waals surface area (Å²) in [4.78, 5) is 15.5. The molecular formula is C15H19ClF3N3O2. The molecule has 1 saturated heterocycles. The number of benzene rings is 1. The number of rotatable bonds is 3. The van der Waals surface area contributed by atoms with Crippen LogP contribution in [0.15, 0.2) is 12.1 Å². The Labute approximate surface area is 143 Å². The Bertz CT molecular complexity index is 610. The highest BCUT2D eigenvalue weighted by molar-refractivity contribution is 6.33. The van der Waals surface area contributed by atoms with Gasteiger partial charge in [0, 0.05) is 32.2 Å². The zero-order valence-corrected chi connectivity index (χ0v) is 14.0. The molecule has 0 unspecified atom stereocenters. The molecule has 1 aliphatic rings. The number of alkyl halides is 3. The maximum Gasteiger partial charge on any atom is 0.401 e. The molecule has 0 spiro atoms. The van der Waals surface area contributed by atoms with Crippen molar-refractivity contribution in [2.45, 2.75) is 12.6 Å². The molecule has 1 amide bonds. The molecule has 0 atom stereocenters. The third-order valence-corrected chi connectivity index (χ3v) is 4.16. The summed E-state index contributed by atoms with van der Waals surface area (Å²) in [6, 6.07) is 2.89. The van der Waals surface area contributed by atoms with Crippen LogP contribution >= 0.6 is 11.6 Å². The Morgan fingerprint density at radius 3 is 2.62 bits per heavy atom. The molecule has 5 nitrogen and oxygen atoms in total. The fourth-order valence-corrected chi connectivity index (χ4v) is 2.82. The summed E-state index contributed by atoms with van der Waals surface area (Å²) in [5.74, 6) is -0.0408. The largest absolute Gasteiger partial charge is 0.496 e. The second kappa shape index (κ2) is 7.48. The Balaban J connectivity index is 2.12. The van der Waals surface area contributed by atoms with E-state index in [1.54, 1.807) is 0 Å². The van der Waals surface area contributed by atoms with Gasteiger partial charge in [0.2, 0.25) is 0 Å². The van der Waals surface area contributed by atoms with Gasteiger partial charge in [-0.15, -0.1) is 0 Å². The first-order valence-electron chi connectivity index (χ1n) is 7.42.